The lowest BCUT2D eigenvalue weighted by atomic mass is 9.98. The van der Waals surface area contributed by atoms with E-state index in [0.717, 1.165) is 48.2 Å². The molecule has 2 unspecified atom stereocenters. The van der Waals surface area contributed by atoms with Crippen molar-refractivity contribution in [2.75, 3.05) is 45.2 Å². The zero-order valence-electron chi connectivity index (χ0n) is 21.4. The lowest BCUT2D eigenvalue weighted by molar-refractivity contribution is 0.0248. The fourth-order valence-corrected chi connectivity index (χ4v) is 5.92. The standard InChI is InChI=1S/C29H31ClN4O3S/c1-32(2)18-23-19-33(16-17-37-23)22-14-12-21(13-15-22)26(20-8-4-3-5-9-20)34-29(36)27(28(35)31-34)38-25-11-7-6-10-24(25)30/h3-15,23,26,36H,16-19H2,1-2H3,(H,31,35). The molecule has 0 spiro atoms. The van der Waals surface area contributed by atoms with E-state index in [1.165, 1.54) is 4.68 Å². The molecule has 0 amide bonds. The molecule has 198 valence electrons. The van der Waals surface area contributed by atoms with Crippen LogP contribution >= 0.6 is 23.4 Å². The molecule has 0 saturated carbocycles. The molecule has 7 nitrogen and oxygen atoms in total. The molecule has 1 fully saturated rings. The Labute approximate surface area is 231 Å². The Morgan fingerprint density at radius 1 is 1.05 bits per heavy atom. The zero-order valence-corrected chi connectivity index (χ0v) is 23.0. The molecule has 38 heavy (non-hydrogen) atoms. The number of anilines is 1. The second-order valence-corrected chi connectivity index (χ2v) is 11.1. The van der Waals surface area contributed by atoms with E-state index in [1.54, 1.807) is 6.07 Å². The number of aromatic hydroxyl groups is 1. The van der Waals surface area contributed by atoms with Gasteiger partial charge in [-0.1, -0.05) is 78.0 Å². The van der Waals surface area contributed by atoms with Crippen molar-refractivity contribution in [3.63, 3.8) is 0 Å². The van der Waals surface area contributed by atoms with E-state index in [-0.39, 0.29) is 22.4 Å². The van der Waals surface area contributed by atoms with Crippen LogP contribution in [0.3, 0.4) is 0 Å². The maximum absolute atomic E-state index is 13.0. The summed E-state index contributed by atoms with van der Waals surface area (Å²) in [4.78, 5) is 18.4. The number of halogens is 1. The number of rotatable bonds is 8. The molecule has 0 radical (unpaired) electrons. The zero-order chi connectivity index (χ0) is 26.6. The Bertz CT molecular complexity index is 1420. The van der Waals surface area contributed by atoms with Gasteiger partial charge in [0.1, 0.15) is 10.9 Å². The Morgan fingerprint density at radius 2 is 1.74 bits per heavy atom. The number of H-pyrrole nitrogens is 1. The molecule has 9 heteroatoms. The molecule has 1 aliphatic heterocycles. The number of aromatic amines is 1. The van der Waals surface area contributed by atoms with E-state index in [9.17, 15) is 9.90 Å². The van der Waals surface area contributed by atoms with Crippen LogP contribution in [-0.2, 0) is 4.74 Å². The van der Waals surface area contributed by atoms with E-state index in [0.29, 0.717) is 16.5 Å². The number of hydrogen-bond donors (Lipinski definition) is 2. The Morgan fingerprint density at radius 3 is 2.45 bits per heavy atom. The van der Waals surface area contributed by atoms with E-state index in [4.69, 9.17) is 16.3 Å². The first kappa shape index (κ1) is 26.4. The highest BCUT2D eigenvalue weighted by atomic mass is 35.5. The summed E-state index contributed by atoms with van der Waals surface area (Å²) in [7, 11) is 4.11. The number of aromatic nitrogens is 2. The summed E-state index contributed by atoms with van der Waals surface area (Å²) in [5.74, 6) is -0.127. The highest BCUT2D eigenvalue weighted by Gasteiger charge is 2.26. The molecule has 1 saturated heterocycles. The third kappa shape index (κ3) is 5.78. The monoisotopic (exact) mass is 550 g/mol. The van der Waals surface area contributed by atoms with Gasteiger partial charge in [0.15, 0.2) is 0 Å². The molecule has 3 aromatic carbocycles. The summed E-state index contributed by atoms with van der Waals surface area (Å²) in [6, 6.07) is 25.0. The van der Waals surface area contributed by atoms with Crippen LogP contribution in [-0.4, -0.2) is 66.2 Å². The average molecular weight is 551 g/mol. The first-order valence-electron chi connectivity index (χ1n) is 12.5. The highest BCUT2D eigenvalue weighted by molar-refractivity contribution is 7.99. The van der Waals surface area contributed by atoms with Crippen LogP contribution in [0.15, 0.2) is 93.4 Å². The minimum Gasteiger partial charge on any atom is -0.493 e. The molecule has 4 aromatic rings. The van der Waals surface area contributed by atoms with E-state index in [2.05, 4.69) is 53.3 Å². The summed E-state index contributed by atoms with van der Waals surface area (Å²) < 4.78 is 7.47. The third-order valence-corrected chi connectivity index (χ3v) is 8.15. The van der Waals surface area contributed by atoms with Crippen molar-refractivity contribution in [3.8, 4) is 5.88 Å². The third-order valence-electron chi connectivity index (χ3n) is 6.56. The topological polar surface area (TPSA) is 73.7 Å². The molecule has 5 rings (SSSR count). The average Bonchev–Trinajstić information content (AvgIpc) is 3.19. The van der Waals surface area contributed by atoms with Crippen LogP contribution in [0, 0.1) is 0 Å². The van der Waals surface area contributed by atoms with Crippen LogP contribution in [0.5, 0.6) is 5.88 Å². The van der Waals surface area contributed by atoms with Gasteiger partial charge in [0, 0.05) is 30.2 Å². The van der Waals surface area contributed by atoms with Gasteiger partial charge in [-0.05, 0) is 49.5 Å². The lowest BCUT2D eigenvalue weighted by Crippen LogP contribution is -2.46. The molecule has 1 aliphatic rings. The smallest absolute Gasteiger partial charge is 0.282 e. The number of ether oxygens (including phenoxy) is 1. The minimum atomic E-state index is -0.426. The summed E-state index contributed by atoms with van der Waals surface area (Å²) in [6.45, 7) is 3.23. The van der Waals surface area contributed by atoms with Crippen molar-refractivity contribution in [1.29, 1.82) is 0 Å². The summed E-state index contributed by atoms with van der Waals surface area (Å²) in [5, 5.41) is 14.6. The van der Waals surface area contributed by atoms with Gasteiger partial charge in [0.25, 0.3) is 5.56 Å². The van der Waals surface area contributed by atoms with Crippen LogP contribution in [0.2, 0.25) is 5.02 Å². The fourth-order valence-electron chi connectivity index (χ4n) is 4.81. The van der Waals surface area contributed by atoms with Crippen molar-refractivity contribution in [3.05, 3.63) is 105 Å². The highest BCUT2D eigenvalue weighted by Crippen LogP contribution is 2.38. The minimum absolute atomic E-state index is 0.127. The van der Waals surface area contributed by atoms with Gasteiger partial charge >= 0.3 is 0 Å². The van der Waals surface area contributed by atoms with Gasteiger partial charge in [-0.2, -0.15) is 0 Å². The molecule has 0 bridgehead atoms. The lowest BCUT2D eigenvalue weighted by Gasteiger charge is -2.35. The van der Waals surface area contributed by atoms with Crippen molar-refractivity contribution in [2.45, 2.75) is 21.9 Å². The summed E-state index contributed by atoms with van der Waals surface area (Å²) in [6.07, 6.45) is 0.159. The SMILES string of the molecule is CN(C)CC1CN(c2ccc(C(c3ccccc3)n3[nH]c(=O)c(Sc4ccccc4Cl)c3O)cc2)CCO1. The maximum atomic E-state index is 13.0. The van der Waals surface area contributed by atoms with Crippen molar-refractivity contribution >= 4 is 29.1 Å². The Kier molecular flexibility index (Phi) is 8.14. The number of likely N-dealkylation sites (N-methyl/N-ethyl adjacent to an activating group) is 1. The van der Waals surface area contributed by atoms with E-state index in [1.807, 2.05) is 48.5 Å². The maximum Gasteiger partial charge on any atom is 0.282 e. The molecule has 0 aliphatic carbocycles. The Hall–Kier alpha value is -3.17. The molecular formula is C29H31ClN4O3S. The number of nitrogens with one attached hydrogen (secondary N) is 1. The number of benzene rings is 3. The largest absolute Gasteiger partial charge is 0.493 e. The number of hydrogen-bond acceptors (Lipinski definition) is 6. The molecule has 2 atom stereocenters. The molecule has 1 aromatic heterocycles. The normalized spacial score (nSPS) is 16.6. The molecule has 2 heterocycles. The predicted molar refractivity (Wildman–Crippen MR) is 153 cm³/mol. The van der Waals surface area contributed by atoms with Gasteiger partial charge in [0.05, 0.1) is 17.7 Å². The second-order valence-electron chi connectivity index (χ2n) is 9.60. The molecular weight excluding hydrogens is 520 g/mol. The summed E-state index contributed by atoms with van der Waals surface area (Å²) >= 11 is 7.47. The summed E-state index contributed by atoms with van der Waals surface area (Å²) in [5.41, 5.74) is 2.63. The first-order chi connectivity index (χ1) is 18.4. The van der Waals surface area contributed by atoms with Crippen LogP contribution in [0.1, 0.15) is 17.2 Å². The van der Waals surface area contributed by atoms with Gasteiger partial charge in [0.2, 0.25) is 5.88 Å². The number of morpholine rings is 1. The van der Waals surface area contributed by atoms with Gasteiger partial charge < -0.3 is 19.6 Å². The van der Waals surface area contributed by atoms with E-state index < -0.39 is 6.04 Å². The van der Waals surface area contributed by atoms with Gasteiger partial charge in [-0.25, -0.2) is 4.68 Å². The van der Waals surface area contributed by atoms with Crippen LogP contribution < -0.4 is 10.5 Å². The van der Waals surface area contributed by atoms with Crippen molar-refractivity contribution in [1.82, 2.24) is 14.7 Å². The quantitative estimate of drug-likeness (QED) is 0.318. The van der Waals surface area contributed by atoms with Crippen LogP contribution in [0.25, 0.3) is 0 Å². The first-order valence-corrected chi connectivity index (χ1v) is 13.7. The predicted octanol–water partition coefficient (Wildman–Crippen LogP) is 5.09. The van der Waals surface area contributed by atoms with Crippen LogP contribution in [0.4, 0.5) is 5.69 Å². The van der Waals surface area contributed by atoms with Gasteiger partial charge in [-0.3, -0.25) is 9.89 Å². The fraction of sp³-hybridized carbons (Fsp3) is 0.276. The number of nitrogens with zero attached hydrogens (tertiary/aromatic N) is 3. The van der Waals surface area contributed by atoms with Gasteiger partial charge in [-0.15, -0.1) is 0 Å². The van der Waals surface area contributed by atoms with E-state index >= 15 is 0 Å². The van der Waals surface area contributed by atoms with Crippen molar-refractivity contribution in [2.24, 2.45) is 0 Å². The Balaban J connectivity index is 1.47. The second kappa shape index (κ2) is 11.7. The molecule has 2 N–H and O–H groups in total. The van der Waals surface area contributed by atoms with Crippen molar-refractivity contribution < 1.29 is 9.84 Å².